The fourth-order valence-electron chi connectivity index (χ4n) is 1.10. The van der Waals surface area contributed by atoms with Crippen molar-refractivity contribution < 1.29 is 14.6 Å². The Morgan fingerprint density at radius 1 is 1.67 bits per heavy atom. The highest BCUT2D eigenvalue weighted by Crippen LogP contribution is 2.25. The molecule has 0 atom stereocenters. The monoisotopic (exact) mass is 224 g/mol. The van der Waals surface area contributed by atoms with Gasteiger partial charge < -0.3 is 9.84 Å². The van der Waals surface area contributed by atoms with Gasteiger partial charge in [0.05, 0.1) is 7.11 Å². The van der Waals surface area contributed by atoms with Gasteiger partial charge in [-0.1, -0.05) is 6.08 Å². The van der Waals surface area contributed by atoms with E-state index in [9.17, 15) is 4.79 Å². The largest absolute Gasteiger partial charge is 0.496 e. The normalized spacial score (nSPS) is 9.67. The predicted molar refractivity (Wildman–Crippen MR) is 60.9 cm³/mol. The van der Waals surface area contributed by atoms with Gasteiger partial charge in [-0.2, -0.15) is 0 Å². The highest BCUT2D eigenvalue weighted by Gasteiger charge is 2.11. The van der Waals surface area contributed by atoms with E-state index in [2.05, 4.69) is 6.58 Å². The number of thioether (sulfide) groups is 1. The molecule has 0 fully saturated rings. The van der Waals surface area contributed by atoms with Gasteiger partial charge in [0.15, 0.2) is 0 Å². The molecule has 0 unspecified atom stereocenters. The van der Waals surface area contributed by atoms with E-state index in [1.807, 2.05) is 6.07 Å². The quantitative estimate of drug-likeness (QED) is 0.617. The first-order valence-corrected chi connectivity index (χ1v) is 5.32. The lowest BCUT2D eigenvalue weighted by atomic mass is 10.2. The Hall–Kier alpha value is -1.42. The smallest absolute Gasteiger partial charge is 0.339 e. The molecule has 1 N–H and O–H groups in total. The number of carboxylic acid groups (broad SMARTS) is 1. The molecule has 0 aromatic heterocycles. The zero-order valence-electron chi connectivity index (χ0n) is 8.40. The van der Waals surface area contributed by atoms with Gasteiger partial charge in [0.2, 0.25) is 0 Å². The molecular weight excluding hydrogens is 212 g/mol. The Bertz CT molecular complexity index is 374. The molecule has 0 saturated carbocycles. The number of carboxylic acids is 1. The maximum Gasteiger partial charge on any atom is 0.339 e. The summed E-state index contributed by atoms with van der Waals surface area (Å²) in [5, 5.41) is 8.94. The summed E-state index contributed by atoms with van der Waals surface area (Å²) in [5.41, 5.74) is 0.187. The van der Waals surface area contributed by atoms with Crippen LogP contribution in [0.15, 0.2) is 35.7 Å². The average molecular weight is 224 g/mol. The van der Waals surface area contributed by atoms with Crippen LogP contribution in [0.3, 0.4) is 0 Å². The van der Waals surface area contributed by atoms with Crippen molar-refractivity contribution in [3.05, 3.63) is 36.4 Å². The minimum atomic E-state index is -0.979. The lowest BCUT2D eigenvalue weighted by Gasteiger charge is -2.06. The van der Waals surface area contributed by atoms with Gasteiger partial charge in [-0.15, -0.1) is 18.3 Å². The van der Waals surface area contributed by atoms with Crippen LogP contribution in [-0.2, 0) is 0 Å². The lowest BCUT2D eigenvalue weighted by Crippen LogP contribution is -2.00. The molecule has 4 heteroatoms. The average Bonchev–Trinajstić information content (AvgIpc) is 2.25. The summed E-state index contributed by atoms with van der Waals surface area (Å²) in [5.74, 6) is 0.157. The molecular formula is C11H12O3S. The van der Waals surface area contributed by atoms with Gasteiger partial charge in [-0.05, 0) is 18.2 Å². The second kappa shape index (κ2) is 5.46. The van der Waals surface area contributed by atoms with Crippen molar-refractivity contribution in [2.24, 2.45) is 0 Å². The first-order chi connectivity index (χ1) is 7.19. The van der Waals surface area contributed by atoms with E-state index >= 15 is 0 Å². The Morgan fingerprint density at radius 3 is 2.93 bits per heavy atom. The van der Waals surface area contributed by atoms with Gasteiger partial charge >= 0.3 is 5.97 Å². The minimum Gasteiger partial charge on any atom is -0.496 e. The molecule has 3 nitrogen and oxygen atoms in total. The van der Waals surface area contributed by atoms with Crippen molar-refractivity contribution in [1.82, 2.24) is 0 Å². The van der Waals surface area contributed by atoms with Crippen LogP contribution in [0.4, 0.5) is 0 Å². The summed E-state index contributed by atoms with van der Waals surface area (Å²) in [7, 11) is 1.46. The zero-order valence-corrected chi connectivity index (χ0v) is 9.21. The van der Waals surface area contributed by atoms with Crippen molar-refractivity contribution in [3.8, 4) is 5.75 Å². The molecule has 1 aromatic carbocycles. The Balaban J connectivity index is 2.99. The summed E-state index contributed by atoms with van der Waals surface area (Å²) in [6.45, 7) is 3.61. The fourth-order valence-corrected chi connectivity index (χ4v) is 1.77. The molecule has 0 amide bonds. The maximum atomic E-state index is 10.9. The summed E-state index contributed by atoms with van der Waals surface area (Å²) >= 11 is 1.53. The molecule has 0 radical (unpaired) electrons. The highest BCUT2D eigenvalue weighted by atomic mass is 32.2. The van der Waals surface area contributed by atoms with Crippen LogP contribution in [-0.4, -0.2) is 23.9 Å². The third-order valence-corrected chi connectivity index (χ3v) is 2.76. The molecule has 0 aliphatic carbocycles. The summed E-state index contributed by atoms with van der Waals surface area (Å²) in [6.07, 6.45) is 1.77. The molecule has 0 spiro atoms. The van der Waals surface area contributed by atoms with E-state index in [0.29, 0.717) is 5.75 Å². The second-order valence-electron chi connectivity index (χ2n) is 2.77. The third kappa shape index (κ3) is 3.02. The first-order valence-electron chi connectivity index (χ1n) is 4.34. The van der Waals surface area contributed by atoms with E-state index in [0.717, 1.165) is 10.6 Å². The summed E-state index contributed by atoms with van der Waals surface area (Å²) in [4.78, 5) is 11.8. The lowest BCUT2D eigenvalue weighted by molar-refractivity contribution is 0.0693. The molecule has 15 heavy (non-hydrogen) atoms. The van der Waals surface area contributed by atoms with Crippen LogP contribution >= 0.6 is 11.8 Å². The molecule has 0 aliphatic rings. The van der Waals surface area contributed by atoms with Crippen molar-refractivity contribution in [2.75, 3.05) is 12.9 Å². The van der Waals surface area contributed by atoms with Crippen LogP contribution in [0, 0.1) is 0 Å². The zero-order chi connectivity index (χ0) is 11.3. The van der Waals surface area contributed by atoms with Crippen molar-refractivity contribution >= 4 is 17.7 Å². The molecule has 0 heterocycles. The van der Waals surface area contributed by atoms with Gasteiger partial charge in [0.1, 0.15) is 11.3 Å². The fraction of sp³-hybridized carbons (Fsp3) is 0.182. The van der Waals surface area contributed by atoms with Gasteiger partial charge in [-0.25, -0.2) is 4.79 Å². The van der Waals surface area contributed by atoms with E-state index < -0.39 is 5.97 Å². The first kappa shape index (κ1) is 11.7. The summed E-state index contributed by atoms with van der Waals surface area (Å²) < 4.78 is 4.96. The highest BCUT2D eigenvalue weighted by molar-refractivity contribution is 7.99. The summed E-state index contributed by atoms with van der Waals surface area (Å²) in [6, 6.07) is 5.10. The molecule has 0 saturated heterocycles. The topological polar surface area (TPSA) is 46.5 Å². The van der Waals surface area contributed by atoms with E-state index in [1.54, 1.807) is 18.2 Å². The second-order valence-corrected chi connectivity index (χ2v) is 3.86. The van der Waals surface area contributed by atoms with Crippen LogP contribution in [0.5, 0.6) is 5.75 Å². The number of carbonyl (C=O) groups is 1. The minimum absolute atomic E-state index is 0.187. The Labute approximate surface area is 92.8 Å². The number of benzene rings is 1. The van der Waals surface area contributed by atoms with Gasteiger partial charge in [-0.3, -0.25) is 0 Å². The van der Waals surface area contributed by atoms with Crippen molar-refractivity contribution in [3.63, 3.8) is 0 Å². The van der Waals surface area contributed by atoms with Crippen molar-refractivity contribution in [2.45, 2.75) is 4.90 Å². The number of hydrogen-bond donors (Lipinski definition) is 1. The number of ether oxygens (including phenoxy) is 1. The number of aromatic carboxylic acids is 1. The van der Waals surface area contributed by atoms with Gasteiger partial charge in [0, 0.05) is 10.6 Å². The number of hydrogen-bond acceptors (Lipinski definition) is 3. The molecule has 80 valence electrons. The van der Waals surface area contributed by atoms with Crippen LogP contribution < -0.4 is 4.74 Å². The molecule has 1 rings (SSSR count). The SMILES string of the molecule is C=CCSc1ccc(OC)c(C(=O)O)c1. The predicted octanol–water partition coefficient (Wildman–Crippen LogP) is 2.67. The van der Waals surface area contributed by atoms with E-state index in [4.69, 9.17) is 9.84 Å². The van der Waals surface area contributed by atoms with Gasteiger partial charge in [0.25, 0.3) is 0 Å². The molecule has 0 bridgehead atoms. The van der Waals surface area contributed by atoms with Crippen LogP contribution in [0.1, 0.15) is 10.4 Å². The van der Waals surface area contributed by atoms with Crippen molar-refractivity contribution in [1.29, 1.82) is 0 Å². The Morgan fingerprint density at radius 2 is 2.40 bits per heavy atom. The standard InChI is InChI=1S/C11H12O3S/c1-3-6-15-8-4-5-10(14-2)9(7-8)11(12)13/h3-5,7H,1,6H2,2H3,(H,12,13). The van der Waals surface area contributed by atoms with Crippen LogP contribution in [0.2, 0.25) is 0 Å². The maximum absolute atomic E-state index is 10.9. The number of methoxy groups -OCH3 is 1. The van der Waals surface area contributed by atoms with E-state index in [1.165, 1.54) is 18.9 Å². The van der Waals surface area contributed by atoms with Crippen LogP contribution in [0.25, 0.3) is 0 Å². The third-order valence-electron chi connectivity index (χ3n) is 1.77. The van der Waals surface area contributed by atoms with E-state index in [-0.39, 0.29) is 5.56 Å². The molecule has 1 aromatic rings. The Kier molecular flexibility index (Phi) is 4.24. The molecule has 0 aliphatic heterocycles. The number of rotatable bonds is 5.